The maximum absolute atomic E-state index is 12.6. The minimum atomic E-state index is -3.77. The van der Waals surface area contributed by atoms with Crippen LogP contribution >= 0.6 is 0 Å². The number of nitro benzene ring substituents is 1. The highest BCUT2D eigenvalue weighted by Crippen LogP contribution is 2.22. The molecule has 0 heterocycles. The molecule has 9 heteroatoms. The predicted octanol–water partition coefficient (Wildman–Crippen LogP) is 3.48. The van der Waals surface area contributed by atoms with Gasteiger partial charge in [-0.25, -0.2) is 8.42 Å². The maximum Gasteiger partial charge on any atom is 0.271 e. The Kier molecular flexibility index (Phi) is 5.74. The van der Waals surface area contributed by atoms with Gasteiger partial charge in [-0.15, -0.1) is 0 Å². The van der Waals surface area contributed by atoms with Gasteiger partial charge in [0.1, 0.15) is 0 Å². The normalized spacial score (nSPS) is 11.0. The van der Waals surface area contributed by atoms with E-state index in [1.165, 1.54) is 6.07 Å². The van der Waals surface area contributed by atoms with Gasteiger partial charge in [-0.1, -0.05) is 42.5 Å². The van der Waals surface area contributed by atoms with E-state index >= 15 is 0 Å². The lowest BCUT2D eigenvalue weighted by atomic mass is 10.0. The zero-order valence-corrected chi connectivity index (χ0v) is 16.5. The second-order valence-electron chi connectivity index (χ2n) is 6.47. The molecule has 0 atom stereocenters. The highest BCUT2D eigenvalue weighted by Gasteiger charge is 2.19. The van der Waals surface area contributed by atoms with Crippen LogP contribution in [0.15, 0.2) is 77.7 Å². The van der Waals surface area contributed by atoms with Gasteiger partial charge in [0.05, 0.1) is 9.82 Å². The van der Waals surface area contributed by atoms with E-state index in [0.29, 0.717) is 11.1 Å². The third-order valence-electron chi connectivity index (χ3n) is 4.21. The van der Waals surface area contributed by atoms with E-state index in [0.717, 1.165) is 24.5 Å². The smallest absolute Gasteiger partial charge is 0.271 e. The molecular formula is C21H16N2O6S. The van der Waals surface area contributed by atoms with Crippen molar-refractivity contribution in [3.63, 3.8) is 0 Å². The van der Waals surface area contributed by atoms with E-state index in [-0.39, 0.29) is 21.9 Å². The molecule has 30 heavy (non-hydrogen) atoms. The van der Waals surface area contributed by atoms with Crippen LogP contribution in [-0.4, -0.2) is 31.3 Å². The van der Waals surface area contributed by atoms with Crippen LogP contribution in [0.3, 0.4) is 0 Å². The second-order valence-corrected chi connectivity index (χ2v) is 8.49. The first-order valence-corrected chi connectivity index (χ1v) is 10.5. The quantitative estimate of drug-likeness (QED) is 0.367. The number of nitrogens with zero attached hydrogens (tertiary/aromatic N) is 1. The summed E-state index contributed by atoms with van der Waals surface area (Å²) >= 11 is 0. The molecule has 1 N–H and O–H groups in total. The number of non-ortho nitro benzene ring substituents is 1. The van der Waals surface area contributed by atoms with Crippen molar-refractivity contribution in [2.75, 3.05) is 11.6 Å². The Bertz CT molecular complexity index is 1250. The number of carbonyl (C=O) groups excluding carboxylic acids is 2. The predicted molar refractivity (Wildman–Crippen MR) is 110 cm³/mol. The first kappa shape index (κ1) is 20.9. The molecule has 0 bridgehead atoms. The lowest BCUT2D eigenvalue weighted by molar-refractivity contribution is -0.385. The van der Waals surface area contributed by atoms with Gasteiger partial charge < -0.3 is 5.32 Å². The van der Waals surface area contributed by atoms with Gasteiger partial charge in [0.25, 0.3) is 11.6 Å². The molecule has 0 saturated heterocycles. The van der Waals surface area contributed by atoms with Crippen molar-refractivity contribution < 1.29 is 22.9 Å². The topological polar surface area (TPSA) is 123 Å². The molecular weight excluding hydrogens is 408 g/mol. The van der Waals surface area contributed by atoms with Gasteiger partial charge in [0.2, 0.25) is 0 Å². The summed E-state index contributed by atoms with van der Waals surface area (Å²) in [6.45, 7) is 0. The van der Waals surface area contributed by atoms with Crippen LogP contribution < -0.4 is 5.32 Å². The number of anilines is 1. The number of ketones is 1. The lowest BCUT2D eigenvalue weighted by Crippen LogP contribution is -2.14. The molecule has 0 aliphatic heterocycles. The summed E-state index contributed by atoms with van der Waals surface area (Å²) in [7, 11) is -3.77. The summed E-state index contributed by atoms with van der Waals surface area (Å²) in [6, 6.07) is 17.8. The fraction of sp³-hybridized carbons (Fsp3) is 0.0476. The molecule has 0 aromatic heterocycles. The van der Waals surface area contributed by atoms with Crippen LogP contribution in [0.25, 0.3) is 0 Å². The molecule has 8 nitrogen and oxygen atoms in total. The Labute approximate surface area is 172 Å². The van der Waals surface area contributed by atoms with Crippen molar-refractivity contribution in [3.05, 3.63) is 99.6 Å². The molecule has 0 aliphatic carbocycles. The summed E-state index contributed by atoms with van der Waals surface area (Å²) in [5.74, 6) is -0.977. The van der Waals surface area contributed by atoms with Crippen molar-refractivity contribution in [3.8, 4) is 0 Å². The Balaban J connectivity index is 1.91. The molecule has 0 aliphatic rings. The standard InChI is InChI=1S/C21H16N2O6S/c1-30(28,29)19-12-16(11-18(13-19)23(26)27)21(25)22-17-9-5-8-15(10-17)20(24)14-6-3-2-4-7-14/h2-13H,1H3,(H,22,25). The Morgan fingerprint density at radius 3 is 2.17 bits per heavy atom. The molecule has 0 fully saturated rings. The fourth-order valence-electron chi connectivity index (χ4n) is 2.73. The van der Waals surface area contributed by atoms with Gasteiger partial charge in [-0.05, 0) is 18.2 Å². The molecule has 0 saturated carbocycles. The largest absolute Gasteiger partial charge is 0.322 e. The monoisotopic (exact) mass is 424 g/mol. The van der Waals surface area contributed by atoms with Gasteiger partial charge in [0.15, 0.2) is 15.6 Å². The third-order valence-corrected chi connectivity index (χ3v) is 5.30. The van der Waals surface area contributed by atoms with E-state index in [1.54, 1.807) is 48.5 Å². The number of benzene rings is 3. The van der Waals surface area contributed by atoms with E-state index in [1.807, 2.05) is 0 Å². The molecule has 3 aromatic rings. The second kappa shape index (κ2) is 8.26. The highest BCUT2D eigenvalue weighted by molar-refractivity contribution is 7.90. The number of sulfone groups is 1. The zero-order chi connectivity index (χ0) is 21.9. The Morgan fingerprint density at radius 1 is 0.867 bits per heavy atom. The van der Waals surface area contributed by atoms with Crippen LogP contribution in [0, 0.1) is 10.1 Å². The Morgan fingerprint density at radius 2 is 1.53 bits per heavy atom. The molecule has 0 spiro atoms. The summed E-state index contributed by atoms with van der Waals surface area (Å²) in [5, 5.41) is 13.7. The van der Waals surface area contributed by atoms with Crippen LogP contribution in [0.4, 0.5) is 11.4 Å². The van der Waals surface area contributed by atoms with Crippen LogP contribution in [-0.2, 0) is 9.84 Å². The van der Waals surface area contributed by atoms with Gasteiger partial charge >= 0.3 is 0 Å². The van der Waals surface area contributed by atoms with Crippen LogP contribution in [0.5, 0.6) is 0 Å². The number of carbonyl (C=O) groups is 2. The van der Waals surface area contributed by atoms with Gasteiger partial charge in [0, 0.05) is 40.8 Å². The van der Waals surface area contributed by atoms with Crippen molar-refractivity contribution in [2.45, 2.75) is 4.90 Å². The van der Waals surface area contributed by atoms with Crippen molar-refractivity contribution in [2.24, 2.45) is 0 Å². The average Bonchev–Trinajstić information content (AvgIpc) is 2.73. The lowest BCUT2D eigenvalue weighted by Gasteiger charge is -2.09. The summed E-state index contributed by atoms with van der Waals surface area (Å²) in [6.07, 6.45) is 0.895. The number of nitro groups is 1. The molecule has 3 rings (SSSR count). The first-order valence-electron chi connectivity index (χ1n) is 8.66. The molecule has 0 unspecified atom stereocenters. The number of hydrogen-bond acceptors (Lipinski definition) is 6. The molecule has 1 amide bonds. The summed E-state index contributed by atoms with van der Waals surface area (Å²) in [4.78, 5) is 35.2. The summed E-state index contributed by atoms with van der Waals surface area (Å²) in [5.41, 5.74) is 0.405. The van der Waals surface area contributed by atoms with Crippen molar-refractivity contribution in [1.82, 2.24) is 0 Å². The third kappa shape index (κ3) is 4.76. The fourth-order valence-corrected chi connectivity index (χ4v) is 3.41. The number of amides is 1. The minimum absolute atomic E-state index is 0.190. The highest BCUT2D eigenvalue weighted by atomic mass is 32.2. The summed E-state index contributed by atoms with van der Waals surface area (Å²) < 4.78 is 23.6. The zero-order valence-electron chi connectivity index (χ0n) is 15.7. The van der Waals surface area contributed by atoms with E-state index in [9.17, 15) is 28.1 Å². The van der Waals surface area contributed by atoms with Crippen LogP contribution in [0.2, 0.25) is 0 Å². The van der Waals surface area contributed by atoms with Gasteiger partial charge in [-0.3, -0.25) is 19.7 Å². The SMILES string of the molecule is CS(=O)(=O)c1cc(C(=O)Nc2cccc(C(=O)c3ccccc3)c2)cc([N+](=O)[O-])c1. The number of hydrogen-bond donors (Lipinski definition) is 1. The Hall–Kier alpha value is -3.85. The maximum atomic E-state index is 12.6. The molecule has 152 valence electrons. The van der Waals surface area contributed by atoms with Gasteiger partial charge in [-0.2, -0.15) is 0 Å². The number of nitrogens with one attached hydrogen (secondary N) is 1. The van der Waals surface area contributed by atoms with E-state index in [2.05, 4.69) is 5.32 Å². The average molecular weight is 424 g/mol. The minimum Gasteiger partial charge on any atom is -0.322 e. The molecule has 3 aromatic carbocycles. The van der Waals surface area contributed by atoms with E-state index in [4.69, 9.17) is 0 Å². The molecule has 0 radical (unpaired) electrons. The first-order chi connectivity index (χ1) is 14.1. The van der Waals surface area contributed by atoms with Crippen LogP contribution in [0.1, 0.15) is 26.3 Å². The van der Waals surface area contributed by atoms with E-state index < -0.39 is 26.4 Å². The van der Waals surface area contributed by atoms with Crippen molar-refractivity contribution in [1.29, 1.82) is 0 Å². The number of rotatable bonds is 6. The van der Waals surface area contributed by atoms with Crippen molar-refractivity contribution >= 4 is 32.9 Å².